The van der Waals surface area contributed by atoms with Crippen molar-refractivity contribution in [3.8, 4) is 0 Å². The molecule has 2 fully saturated rings. The minimum Gasteiger partial charge on any atom is -0.350 e. The zero-order valence-corrected chi connectivity index (χ0v) is 15.7. The van der Waals surface area contributed by atoms with E-state index in [4.69, 9.17) is 9.47 Å². The van der Waals surface area contributed by atoms with Crippen molar-refractivity contribution in [2.45, 2.75) is 37.4 Å². The van der Waals surface area contributed by atoms with Crippen LogP contribution < -0.4 is 0 Å². The number of amides is 1. The summed E-state index contributed by atoms with van der Waals surface area (Å²) in [6.07, 6.45) is 2.98. The topological polar surface area (TPSA) is 38.8 Å². The zero-order valence-electron chi connectivity index (χ0n) is 15.7. The molecule has 0 saturated carbocycles. The van der Waals surface area contributed by atoms with E-state index in [0.717, 1.165) is 32.5 Å². The summed E-state index contributed by atoms with van der Waals surface area (Å²) in [5, 5.41) is 0. The Morgan fingerprint density at radius 3 is 1.93 bits per heavy atom. The molecule has 0 bridgehead atoms. The van der Waals surface area contributed by atoms with Gasteiger partial charge in [-0.2, -0.15) is 0 Å². The minimum absolute atomic E-state index is 0.0815. The number of ether oxygens (including phenoxy) is 2. The molecule has 1 amide bonds. The number of rotatable bonds is 4. The largest absolute Gasteiger partial charge is 0.350 e. The van der Waals surface area contributed by atoms with Gasteiger partial charge in [0.25, 0.3) is 0 Å². The van der Waals surface area contributed by atoms with Crippen LogP contribution in [0.5, 0.6) is 0 Å². The monoisotopic (exact) mass is 365 g/mol. The number of likely N-dealkylation sites (tertiary alicyclic amines) is 1. The maximum absolute atomic E-state index is 13.1. The quantitative estimate of drug-likeness (QED) is 0.823. The van der Waals surface area contributed by atoms with Gasteiger partial charge in [0.1, 0.15) is 0 Å². The molecule has 27 heavy (non-hydrogen) atoms. The molecule has 2 heterocycles. The second kappa shape index (κ2) is 8.24. The lowest BCUT2D eigenvalue weighted by molar-refractivity contribution is -0.282. The van der Waals surface area contributed by atoms with Crippen LogP contribution in [-0.4, -0.2) is 42.9 Å². The summed E-state index contributed by atoms with van der Waals surface area (Å²) in [7, 11) is 0. The third-order valence-corrected chi connectivity index (χ3v) is 5.68. The van der Waals surface area contributed by atoms with E-state index in [1.54, 1.807) is 0 Å². The zero-order chi connectivity index (χ0) is 18.5. The van der Waals surface area contributed by atoms with E-state index >= 15 is 0 Å². The van der Waals surface area contributed by atoms with Crippen molar-refractivity contribution in [1.82, 2.24) is 4.90 Å². The van der Waals surface area contributed by atoms with Crippen LogP contribution in [0.25, 0.3) is 0 Å². The SMILES string of the molecule is O=C(CC(c1ccccc1)c1ccccc1)N1CCC2(CC1)OCCCO2. The van der Waals surface area contributed by atoms with Gasteiger partial charge in [0.05, 0.1) is 13.2 Å². The highest BCUT2D eigenvalue weighted by molar-refractivity contribution is 5.78. The molecule has 4 nitrogen and oxygen atoms in total. The lowest BCUT2D eigenvalue weighted by Crippen LogP contribution is -2.51. The first-order valence-electron chi connectivity index (χ1n) is 9.91. The van der Waals surface area contributed by atoms with Crippen LogP contribution in [0.1, 0.15) is 42.7 Å². The van der Waals surface area contributed by atoms with Crippen molar-refractivity contribution in [2.75, 3.05) is 26.3 Å². The van der Waals surface area contributed by atoms with Gasteiger partial charge >= 0.3 is 0 Å². The molecule has 0 atom stereocenters. The molecule has 2 aliphatic rings. The number of piperidine rings is 1. The van der Waals surface area contributed by atoms with Crippen molar-refractivity contribution in [1.29, 1.82) is 0 Å². The van der Waals surface area contributed by atoms with Gasteiger partial charge in [-0.3, -0.25) is 4.79 Å². The van der Waals surface area contributed by atoms with Crippen molar-refractivity contribution in [3.05, 3.63) is 71.8 Å². The molecule has 4 rings (SSSR count). The molecule has 2 aliphatic heterocycles. The van der Waals surface area contributed by atoms with Crippen LogP contribution in [-0.2, 0) is 14.3 Å². The predicted molar refractivity (Wildman–Crippen MR) is 104 cm³/mol. The lowest BCUT2D eigenvalue weighted by Gasteiger charge is -2.43. The fourth-order valence-corrected chi connectivity index (χ4v) is 4.10. The van der Waals surface area contributed by atoms with E-state index in [9.17, 15) is 4.79 Å². The predicted octanol–water partition coefficient (Wildman–Crippen LogP) is 3.96. The Morgan fingerprint density at radius 2 is 1.41 bits per heavy atom. The highest BCUT2D eigenvalue weighted by Gasteiger charge is 2.39. The third kappa shape index (κ3) is 4.23. The second-order valence-corrected chi connectivity index (χ2v) is 7.42. The fourth-order valence-electron chi connectivity index (χ4n) is 4.10. The van der Waals surface area contributed by atoms with Gasteiger partial charge in [0.2, 0.25) is 5.91 Å². The molecule has 2 saturated heterocycles. The first kappa shape index (κ1) is 18.2. The summed E-state index contributed by atoms with van der Waals surface area (Å²) >= 11 is 0. The number of hydrogen-bond acceptors (Lipinski definition) is 3. The molecule has 2 aromatic carbocycles. The van der Waals surface area contributed by atoms with Crippen molar-refractivity contribution >= 4 is 5.91 Å². The summed E-state index contributed by atoms with van der Waals surface area (Å²) in [5.41, 5.74) is 2.37. The third-order valence-electron chi connectivity index (χ3n) is 5.68. The van der Waals surface area contributed by atoms with E-state index in [1.165, 1.54) is 11.1 Å². The fraction of sp³-hybridized carbons (Fsp3) is 0.435. The average Bonchev–Trinajstić information content (AvgIpc) is 2.74. The first-order valence-corrected chi connectivity index (χ1v) is 9.91. The van der Waals surface area contributed by atoms with Crippen LogP contribution in [0.4, 0.5) is 0 Å². The molecular weight excluding hydrogens is 338 g/mol. The maximum atomic E-state index is 13.1. The molecule has 0 unspecified atom stereocenters. The van der Waals surface area contributed by atoms with Crippen LogP contribution in [0.15, 0.2) is 60.7 Å². The van der Waals surface area contributed by atoms with Gasteiger partial charge in [-0.05, 0) is 17.5 Å². The van der Waals surface area contributed by atoms with Gasteiger partial charge in [-0.1, -0.05) is 60.7 Å². The lowest BCUT2D eigenvalue weighted by atomic mass is 9.88. The first-order chi connectivity index (χ1) is 13.3. The molecule has 4 heteroatoms. The van der Waals surface area contributed by atoms with E-state index in [-0.39, 0.29) is 11.8 Å². The molecular formula is C23H27NO3. The van der Waals surface area contributed by atoms with Crippen LogP contribution in [0.3, 0.4) is 0 Å². The van der Waals surface area contributed by atoms with E-state index in [0.29, 0.717) is 19.5 Å². The minimum atomic E-state index is -0.451. The molecule has 0 radical (unpaired) electrons. The van der Waals surface area contributed by atoms with Gasteiger partial charge in [0, 0.05) is 38.3 Å². The molecule has 0 N–H and O–H groups in total. The molecule has 2 aromatic rings. The summed E-state index contributed by atoms with van der Waals surface area (Å²) < 4.78 is 11.8. The van der Waals surface area contributed by atoms with Crippen molar-refractivity contribution in [3.63, 3.8) is 0 Å². The number of nitrogens with zero attached hydrogens (tertiary/aromatic N) is 1. The highest BCUT2D eigenvalue weighted by Crippen LogP contribution is 2.33. The van der Waals surface area contributed by atoms with E-state index in [2.05, 4.69) is 24.3 Å². The van der Waals surface area contributed by atoms with Crippen LogP contribution >= 0.6 is 0 Å². The number of carbonyl (C=O) groups is 1. The summed E-state index contributed by atoms with van der Waals surface area (Å²) in [5.74, 6) is -0.163. The van der Waals surface area contributed by atoms with Crippen LogP contribution in [0.2, 0.25) is 0 Å². The summed E-state index contributed by atoms with van der Waals surface area (Å²) in [6, 6.07) is 20.6. The van der Waals surface area contributed by atoms with E-state index < -0.39 is 5.79 Å². The number of benzene rings is 2. The van der Waals surface area contributed by atoms with Gasteiger partial charge in [-0.15, -0.1) is 0 Å². The van der Waals surface area contributed by atoms with Crippen molar-refractivity contribution < 1.29 is 14.3 Å². The van der Waals surface area contributed by atoms with E-state index in [1.807, 2.05) is 41.3 Å². The number of hydrogen-bond donors (Lipinski definition) is 0. The molecule has 0 aliphatic carbocycles. The maximum Gasteiger partial charge on any atom is 0.223 e. The van der Waals surface area contributed by atoms with Gasteiger partial charge < -0.3 is 14.4 Å². The molecule has 0 aromatic heterocycles. The summed E-state index contributed by atoms with van der Waals surface area (Å²) in [4.78, 5) is 15.0. The standard InChI is InChI=1S/C23H27NO3/c25-22(24-14-12-23(13-15-24)26-16-7-17-27-23)18-21(19-8-3-1-4-9-19)20-10-5-2-6-11-20/h1-6,8-11,21H,7,12-18H2. The van der Waals surface area contributed by atoms with Crippen LogP contribution in [0, 0.1) is 0 Å². The van der Waals surface area contributed by atoms with Gasteiger partial charge in [0.15, 0.2) is 5.79 Å². The highest BCUT2D eigenvalue weighted by atomic mass is 16.7. The molecule has 1 spiro atoms. The van der Waals surface area contributed by atoms with Gasteiger partial charge in [-0.25, -0.2) is 0 Å². The number of carbonyl (C=O) groups excluding carboxylic acids is 1. The second-order valence-electron chi connectivity index (χ2n) is 7.42. The van der Waals surface area contributed by atoms with Crippen molar-refractivity contribution in [2.24, 2.45) is 0 Å². The Hall–Kier alpha value is -2.17. The Bertz CT molecular complexity index is 691. The molecule has 142 valence electrons. The Morgan fingerprint density at radius 1 is 0.889 bits per heavy atom. The normalized spacial score (nSPS) is 19.4. The Kier molecular flexibility index (Phi) is 5.55. The summed E-state index contributed by atoms with van der Waals surface area (Å²) in [6.45, 7) is 2.93. The smallest absolute Gasteiger partial charge is 0.223 e. The Labute approximate surface area is 161 Å². The average molecular weight is 365 g/mol. The Balaban J connectivity index is 1.45.